The van der Waals surface area contributed by atoms with E-state index in [1.54, 1.807) is 4.90 Å². The number of thioether (sulfide) groups is 1. The minimum absolute atomic E-state index is 0.104. The summed E-state index contributed by atoms with van der Waals surface area (Å²) >= 11 is 1.25. The Morgan fingerprint density at radius 3 is 2.59 bits per heavy atom. The van der Waals surface area contributed by atoms with E-state index in [4.69, 9.17) is 0 Å². The van der Waals surface area contributed by atoms with Crippen molar-refractivity contribution in [2.24, 2.45) is 4.99 Å². The van der Waals surface area contributed by atoms with Gasteiger partial charge in [0.1, 0.15) is 6.33 Å². The molecule has 5 rings (SSSR count). The largest absolute Gasteiger partial charge is 0.416 e. The number of anilines is 1. The highest BCUT2D eigenvalue weighted by Crippen LogP contribution is 2.34. The molecule has 0 bridgehead atoms. The van der Waals surface area contributed by atoms with Gasteiger partial charge in [-0.3, -0.25) is 9.69 Å². The van der Waals surface area contributed by atoms with E-state index < -0.39 is 17.8 Å². The van der Waals surface area contributed by atoms with Crippen molar-refractivity contribution in [3.8, 4) is 17.1 Å². The minimum atomic E-state index is -4.40. The number of carbonyl (C=O) groups is 2. The van der Waals surface area contributed by atoms with Crippen LogP contribution in [0.4, 0.5) is 23.7 Å². The van der Waals surface area contributed by atoms with E-state index in [1.807, 2.05) is 49.4 Å². The number of nitrogens with one attached hydrogen (secondary N) is 1. The Kier molecular flexibility index (Phi) is 9.19. The quantitative estimate of drug-likeness (QED) is 0.211. The van der Waals surface area contributed by atoms with Gasteiger partial charge in [-0.2, -0.15) is 18.2 Å². The molecule has 2 heterocycles. The fourth-order valence-electron chi connectivity index (χ4n) is 4.82. The lowest BCUT2D eigenvalue weighted by Gasteiger charge is -2.22. The number of amides is 3. The van der Waals surface area contributed by atoms with E-state index in [1.165, 1.54) is 34.9 Å². The van der Waals surface area contributed by atoms with Crippen LogP contribution >= 0.6 is 11.8 Å². The van der Waals surface area contributed by atoms with Gasteiger partial charge in [-0.15, -0.1) is 5.10 Å². The molecule has 1 aliphatic heterocycles. The highest BCUT2D eigenvalue weighted by molar-refractivity contribution is 8.15. The maximum atomic E-state index is 12.9. The van der Waals surface area contributed by atoms with Crippen molar-refractivity contribution >= 4 is 34.6 Å². The molecule has 1 N–H and O–H groups in total. The van der Waals surface area contributed by atoms with Crippen LogP contribution < -0.4 is 10.2 Å². The minimum Gasteiger partial charge on any atom is -0.336 e. The Balaban J connectivity index is 1.18. The van der Waals surface area contributed by atoms with Crippen molar-refractivity contribution < 1.29 is 22.8 Å². The SMILES string of the molecule is Cc1ccc(C(C)C)c(N2C(=O)CS/C2=N\C(=O)NCCCc2cccc(-c3ncn(-c4ccc(C(F)(F)F)cc4)n3)c2)c1. The lowest BCUT2D eigenvalue weighted by Crippen LogP contribution is -2.32. The number of urea groups is 1. The van der Waals surface area contributed by atoms with Crippen molar-refractivity contribution in [3.63, 3.8) is 0 Å². The number of hydrogen-bond acceptors (Lipinski definition) is 5. The number of aromatic nitrogens is 3. The van der Waals surface area contributed by atoms with Gasteiger partial charge in [0.2, 0.25) is 5.91 Å². The molecule has 1 aromatic heterocycles. The molecule has 0 spiro atoms. The predicted octanol–water partition coefficient (Wildman–Crippen LogP) is 7.16. The van der Waals surface area contributed by atoms with Gasteiger partial charge in [0, 0.05) is 12.1 Å². The topological polar surface area (TPSA) is 92.5 Å². The fraction of sp³-hybridized carbons (Fsp3) is 0.281. The fourth-order valence-corrected chi connectivity index (χ4v) is 5.68. The molecule has 3 aromatic carbocycles. The second-order valence-electron chi connectivity index (χ2n) is 10.7. The lowest BCUT2D eigenvalue weighted by molar-refractivity contribution is -0.137. The molecule has 3 amide bonds. The number of aryl methyl sites for hydroxylation is 2. The first-order valence-corrected chi connectivity index (χ1v) is 15.1. The monoisotopic (exact) mass is 620 g/mol. The van der Waals surface area contributed by atoms with Crippen LogP contribution in [0.3, 0.4) is 0 Å². The molecule has 0 saturated carbocycles. The van der Waals surface area contributed by atoms with E-state index in [0.29, 0.717) is 36.1 Å². The van der Waals surface area contributed by atoms with E-state index in [0.717, 1.165) is 40.1 Å². The number of rotatable bonds is 8. The zero-order valence-corrected chi connectivity index (χ0v) is 25.2. The van der Waals surface area contributed by atoms with Gasteiger partial charge < -0.3 is 5.32 Å². The van der Waals surface area contributed by atoms with Crippen molar-refractivity contribution in [3.05, 3.63) is 95.3 Å². The Labute approximate surface area is 257 Å². The average molecular weight is 621 g/mol. The van der Waals surface area contributed by atoms with Crippen LogP contribution in [-0.2, 0) is 17.4 Å². The van der Waals surface area contributed by atoms with Gasteiger partial charge in [0.15, 0.2) is 11.0 Å². The molecular formula is C32H31F3N6O2S. The summed E-state index contributed by atoms with van der Waals surface area (Å²) in [4.78, 5) is 35.5. The van der Waals surface area contributed by atoms with Crippen LogP contribution in [0.1, 0.15) is 48.4 Å². The third-order valence-electron chi connectivity index (χ3n) is 7.07. The number of hydrogen-bond donors (Lipinski definition) is 1. The average Bonchev–Trinajstić information content (AvgIpc) is 3.62. The van der Waals surface area contributed by atoms with E-state index >= 15 is 0 Å². The van der Waals surface area contributed by atoms with E-state index in [-0.39, 0.29) is 17.6 Å². The van der Waals surface area contributed by atoms with Crippen LogP contribution in [0.15, 0.2) is 78.0 Å². The van der Waals surface area contributed by atoms with Gasteiger partial charge in [-0.25, -0.2) is 14.5 Å². The summed E-state index contributed by atoms with van der Waals surface area (Å²) in [6.45, 7) is 6.48. The van der Waals surface area contributed by atoms with Crippen LogP contribution in [-0.4, -0.2) is 44.2 Å². The summed E-state index contributed by atoms with van der Waals surface area (Å²) < 4.78 is 40.1. The molecule has 1 aliphatic rings. The van der Waals surface area contributed by atoms with Gasteiger partial charge in [0.25, 0.3) is 0 Å². The summed E-state index contributed by atoms with van der Waals surface area (Å²) in [6, 6.07) is 17.9. The van der Waals surface area contributed by atoms with Gasteiger partial charge in [-0.05, 0) is 78.8 Å². The maximum absolute atomic E-state index is 12.9. The molecule has 12 heteroatoms. The third-order valence-corrected chi connectivity index (χ3v) is 7.99. The smallest absolute Gasteiger partial charge is 0.336 e. The normalized spacial score (nSPS) is 14.6. The highest BCUT2D eigenvalue weighted by Gasteiger charge is 2.32. The molecule has 44 heavy (non-hydrogen) atoms. The first-order valence-electron chi connectivity index (χ1n) is 14.1. The lowest BCUT2D eigenvalue weighted by atomic mass is 9.99. The highest BCUT2D eigenvalue weighted by atomic mass is 32.2. The molecule has 0 radical (unpaired) electrons. The Hall–Kier alpha value is -4.45. The van der Waals surface area contributed by atoms with E-state index in [2.05, 4.69) is 34.2 Å². The summed E-state index contributed by atoms with van der Waals surface area (Å²) in [5.41, 5.74) is 4.32. The molecular weight excluding hydrogens is 589 g/mol. The third kappa shape index (κ3) is 7.19. The molecule has 0 aliphatic carbocycles. The number of amidine groups is 1. The number of nitrogens with zero attached hydrogens (tertiary/aromatic N) is 5. The maximum Gasteiger partial charge on any atom is 0.416 e. The Bertz CT molecular complexity index is 1700. The van der Waals surface area contributed by atoms with Gasteiger partial charge >= 0.3 is 12.2 Å². The first-order chi connectivity index (χ1) is 21.0. The van der Waals surface area contributed by atoms with Crippen molar-refractivity contribution in [2.75, 3.05) is 17.2 Å². The zero-order chi connectivity index (χ0) is 31.4. The first kappa shape index (κ1) is 31.0. The van der Waals surface area contributed by atoms with Crippen LogP contribution in [0, 0.1) is 6.92 Å². The number of halogens is 3. The van der Waals surface area contributed by atoms with Crippen molar-refractivity contribution in [1.29, 1.82) is 0 Å². The zero-order valence-electron chi connectivity index (χ0n) is 24.4. The summed E-state index contributed by atoms with van der Waals surface area (Å²) in [6.07, 6.45) is -1.62. The van der Waals surface area contributed by atoms with Gasteiger partial charge in [-0.1, -0.05) is 55.9 Å². The number of benzene rings is 3. The second kappa shape index (κ2) is 13.0. The van der Waals surface area contributed by atoms with Crippen molar-refractivity contribution in [2.45, 2.75) is 45.7 Å². The van der Waals surface area contributed by atoms with Crippen LogP contribution in [0.5, 0.6) is 0 Å². The number of carbonyl (C=O) groups excluding carboxylic acids is 2. The second-order valence-corrected chi connectivity index (χ2v) is 11.7. The summed E-state index contributed by atoms with van der Waals surface area (Å²) in [5, 5.41) is 7.62. The molecule has 228 valence electrons. The molecule has 0 atom stereocenters. The molecule has 1 fully saturated rings. The van der Waals surface area contributed by atoms with Crippen molar-refractivity contribution in [1.82, 2.24) is 20.1 Å². The summed E-state index contributed by atoms with van der Waals surface area (Å²) in [5.74, 6) is 0.764. The number of alkyl halides is 3. The predicted molar refractivity (Wildman–Crippen MR) is 166 cm³/mol. The molecule has 8 nitrogen and oxygen atoms in total. The Morgan fingerprint density at radius 2 is 1.86 bits per heavy atom. The number of aliphatic imine (C=N–C) groups is 1. The van der Waals surface area contributed by atoms with Gasteiger partial charge in [0.05, 0.1) is 22.7 Å². The Morgan fingerprint density at radius 1 is 1.09 bits per heavy atom. The molecule has 4 aromatic rings. The van der Waals surface area contributed by atoms with Crippen LogP contribution in [0.25, 0.3) is 17.1 Å². The molecule has 0 unspecified atom stereocenters. The standard InChI is InChI=1S/C32H31F3N6O2S/c1-20(2)26-14-9-21(3)16-27(26)41-28(42)18-44-31(41)38-30(43)36-15-5-7-22-6-4-8-23(17-22)29-37-19-40(39-29)25-12-10-24(11-13-25)32(33,34)35/h4,6,8-14,16-17,19-20H,5,7,15,18H2,1-3H3,(H,36,43)/b38-31-. The van der Waals surface area contributed by atoms with Crippen LogP contribution in [0.2, 0.25) is 0 Å². The summed E-state index contributed by atoms with van der Waals surface area (Å²) in [7, 11) is 0. The molecule has 1 saturated heterocycles. The van der Waals surface area contributed by atoms with E-state index in [9.17, 15) is 22.8 Å².